The molecule has 0 bridgehead atoms. The summed E-state index contributed by atoms with van der Waals surface area (Å²) in [6.07, 6.45) is 5.22. The summed E-state index contributed by atoms with van der Waals surface area (Å²) in [7, 11) is 0. The third kappa shape index (κ3) is 3.99. The van der Waals surface area contributed by atoms with Crippen LogP contribution in [0.2, 0.25) is 0 Å². The van der Waals surface area contributed by atoms with Crippen LogP contribution in [0.5, 0.6) is 0 Å². The predicted octanol–water partition coefficient (Wildman–Crippen LogP) is 4.34. The predicted molar refractivity (Wildman–Crippen MR) is 127 cm³/mol. The largest absolute Gasteiger partial charge is 0.375 e. The van der Waals surface area contributed by atoms with Crippen LogP contribution in [0.25, 0.3) is 0 Å². The van der Waals surface area contributed by atoms with Gasteiger partial charge >= 0.3 is 0 Å². The molecule has 1 amide bonds. The Kier molecular flexibility index (Phi) is 6.09. The first-order valence-electron chi connectivity index (χ1n) is 12.4. The fraction of sp³-hybridized carbons (Fsp3) is 0.536. The summed E-state index contributed by atoms with van der Waals surface area (Å²) in [5, 5.41) is 14.9. The van der Waals surface area contributed by atoms with E-state index in [2.05, 4.69) is 47.5 Å². The minimum atomic E-state index is -1.42. The molecule has 0 aromatic heterocycles. The molecule has 5 unspecified atom stereocenters. The van der Waals surface area contributed by atoms with Crippen molar-refractivity contribution in [3.63, 3.8) is 0 Å². The molecule has 4 nitrogen and oxygen atoms in total. The van der Waals surface area contributed by atoms with Crippen molar-refractivity contribution in [2.75, 3.05) is 13.1 Å². The third-order valence-electron chi connectivity index (χ3n) is 8.46. The minimum Gasteiger partial charge on any atom is -0.375 e. The van der Waals surface area contributed by atoms with E-state index < -0.39 is 5.60 Å². The van der Waals surface area contributed by atoms with Crippen molar-refractivity contribution in [3.05, 3.63) is 71.8 Å². The highest BCUT2D eigenvalue weighted by Crippen LogP contribution is 2.55. The van der Waals surface area contributed by atoms with Crippen LogP contribution < -0.4 is 5.32 Å². The van der Waals surface area contributed by atoms with Gasteiger partial charge in [-0.2, -0.15) is 0 Å². The molecular weight excluding hydrogens is 396 g/mol. The number of hydrogen-bond acceptors (Lipinski definition) is 3. The molecule has 2 aromatic carbocycles. The van der Waals surface area contributed by atoms with Gasteiger partial charge in [0.2, 0.25) is 0 Å². The van der Waals surface area contributed by atoms with Crippen LogP contribution in [0.1, 0.15) is 50.2 Å². The second-order valence-corrected chi connectivity index (χ2v) is 10.2. The number of aliphatic hydroxyl groups is 1. The van der Waals surface area contributed by atoms with Crippen molar-refractivity contribution >= 4 is 5.91 Å². The van der Waals surface area contributed by atoms with Gasteiger partial charge in [0.15, 0.2) is 5.60 Å². The Morgan fingerprint density at radius 3 is 2.31 bits per heavy atom. The number of fused-ring (bicyclic) bond motifs is 1. The van der Waals surface area contributed by atoms with Crippen LogP contribution in [0.3, 0.4) is 0 Å². The Morgan fingerprint density at radius 2 is 1.69 bits per heavy atom. The highest BCUT2D eigenvalue weighted by atomic mass is 16.3. The van der Waals surface area contributed by atoms with Gasteiger partial charge in [-0.1, -0.05) is 79.9 Å². The molecular formula is C28H36N2O2. The standard InChI is InChI=1S/C28H36N2O2/c1-20-26-24(25(26)19-30(20)18-21-11-5-2-6-12-21)17-29-27(31)28(32,22-13-7-3-8-14-22)23-15-9-4-10-16-23/h2-3,5-8,11-14,20,23-26,32H,4,9-10,15-19H2,1H3,(H,29,31). The van der Waals surface area contributed by atoms with E-state index >= 15 is 0 Å². The molecule has 1 saturated heterocycles. The number of carbonyl (C=O) groups is 1. The van der Waals surface area contributed by atoms with Crippen LogP contribution in [0.4, 0.5) is 0 Å². The third-order valence-corrected chi connectivity index (χ3v) is 8.46. The average molecular weight is 433 g/mol. The zero-order valence-corrected chi connectivity index (χ0v) is 19.1. The lowest BCUT2D eigenvalue weighted by atomic mass is 9.73. The molecule has 2 aliphatic carbocycles. The molecule has 32 heavy (non-hydrogen) atoms. The first-order valence-corrected chi connectivity index (χ1v) is 12.4. The first-order chi connectivity index (χ1) is 15.6. The molecule has 1 heterocycles. The number of carbonyl (C=O) groups excluding carboxylic acids is 1. The molecule has 3 aliphatic rings. The molecule has 0 radical (unpaired) electrons. The van der Waals surface area contributed by atoms with Gasteiger partial charge in [0.05, 0.1) is 0 Å². The molecule has 5 atom stereocenters. The lowest BCUT2D eigenvalue weighted by molar-refractivity contribution is -0.149. The number of nitrogens with one attached hydrogen (secondary N) is 1. The Bertz CT molecular complexity index is 912. The van der Waals surface area contributed by atoms with Gasteiger partial charge in [0.25, 0.3) is 5.91 Å². The molecule has 2 saturated carbocycles. The summed E-state index contributed by atoms with van der Waals surface area (Å²) in [4.78, 5) is 16.0. The van der Waals surface area contributed by atoms with Crippen molar-refractivity contribution in [1.82, 2.24) is 10.2 Å². The fourth-order valence-corrected chi connectivity index (χ4v) is 6.55. The lowest BCUT2D eigenvalue weighted by Crippen LogP contribution is -2.51. The Labute approximate surface area is 192 Å². The van der Waals surface area contributed by atoms with Crippen LogP contribution >= 0.6 is 0 Å². The molecule has 0 spiro atoms. The van der Waals surface area contributed by atoms with Gasteiger partial charge in [-0.15, -0.1) is 0 Å². The van der Waals surface area contributed by atoms with Gasteiger partial charge < -0.3 is 10.4 Å². The number of piperidine rings is 1. The highest BCUT2D eigenvalue weighted by molar-refractivity contribution is 5.86. The van der Waals surface area contributed by atoms with E-state index in [4.69, 9.17) is 0 Å². The molecule has 3 fully saturated rings. The summed E-state index contributed by atoms with van der Waals surface area (Å²) in [6, 6.07) is 20.8. The fourth-order valence-electron chi connectivity index (χ4n) is 6.55. The number of amides is 1. The molecule has 170 valence electrons. The van der Waals surface area contributed by atoms with Crippen molar-refractivity contribution in [2.45, 2.75) is 57.2 Å². The van der Waals surface area contributed by atoms with E-state index in [0.29, 0.717) is 30.3 Å². The minimum absolute atomic E-state index is 0.00218. The topological polar surface area (TPSA) is 52.6 Å². The summed E-state index contributed by atoms with van der Waals surface area (Å²) >= 11 is 0. The van der Waals surface area contributed by atoms with Gasteiger partial charge in [0.1, 0.15) is 0 Å². The molecule has 1 aliphatic heterocycles. The number of nitrogens with zero attached hydrogens (tertiary/aromatic N) is 1. The Balaban J connectivity index is 1.21. The summed E-state index contributed by atoms with van der Waals surface area (Å²) in [5.41, 5.74) is 0.685. The average Bonchev–Trinajstić information content (AvgIpc) is 3.44. The normalized spacial score (nSPS) is 29.8. The number of benzene rings is 2. The maximum absolute atomic E-state index is 13.4. The lowest BCUT2D eigenvalue weighted by Gasteiger charge is -2.37. The number of hydrogen-bond donors (Lipinski definition) is 2. The summed E-state index contributed by atoms with van der Waals surface area (Å²) < 4.78 is 0. The maximum Gasteiger partial charge on any atom is 0.256 e. The zero-order chi connectivity index (χ0) is 22.1. The van der Waals surface area contributed by atoms with E-state index in [1.807, 2.05) is 30.3 Å². The van der Waals surface area contributed by atoms with E-state index in [0.717, 1.165) is 44.3 Å². The van der Waals surface area contributed by atoms with Gasteiger partial charge in [0, 0.05) is 31.6 Å². The van der Waals surface area contributed by atoms with Crippen LogP contribution in [0.15, 0.2) is 60.7 Å². The number of likely N-dealkylation sites (tertiary alicyclic amines) is 1. The van der Waals surface area contributed by atoms with Crippen LogP contribution in [-0.2, 0) is 16.9 Å². The summed E-state index contributed by atoms with van der Waals surface area (Å²) in [6.45, 7) is 5.12. The van der Waals surface area contributed by atoms with Gasteiger partial charge in [-0.3, -0.25) is 9.69 Å². The highest BCUT2D eigenvalue weighted by Gasteiger charge is 2.59. The van der Waals surface area contributed by atoms with Crippen LogP contribution in [-0.4, -0.2) is 35.0 Å². The monoisotopic (exact) mass is 432 g/mol. The van der Waals surface area contributed by atoms with Gasteiger partial charge in [-0.25, -0.2) is 0 Å². The quantitative estimate of drug-likeness (QED) is 0.684. The van der Waals surface area contributed by atoms with Crippen molar-refractivity contribution in [3.8, 4) is 0 Å². The Hall–Kier alpha value is -2.17. The van der Waals surface area contributed by atoms with E-state index in [-0.39, 0.29) is 11.8 Å². The molecule has 5 rings (SSSR count). The maximum atomic E-state index is 13.4. The number of rotatable bonds is 7. The second-order valence-electron chi connectivity index (χ2n) is 10.2. The van der Waals surface area contributed by atoms with E-state index in [9.17, 15) is 9.90 Å². The summed E-state index contributed by atoms with van der Waals surface area (Å²) in [5.74, 6) is 1.64. The van der Waals surface area contributed by atoms with Gasteiger partial charge in [-0.05, 0) is 48.6 Å². The van der Waals surface area contributed by atoms with Crippen molar-refractivity contribution in [1.29, 1.82) is 0 Å². The zero-order valence-electron chi connectivity index (χ0n) is 19.1. The SMILES string of the molecule is CC1C2C(CNC(=O)C(O)(c3ccccc3)C3CCCCC3)C2CN1Cc1ccccc1. The van der Waals surface area contributed by atoms with Crippen molar-refractivity contribution < 1.29 is 9.90 Å². The molecule has 2 aromatic rings. The second kappa shape index (κ2) is 8.99. The first kappa shape index (κ1) is 21.7. The van der Waals surface area contributed by atoms with Crippen LogP contribution in [0, 0.1) is 23.7 Å². The Morgan fingerprint density at radius 1 is 1.03 bits per heavy atom. The smallest absolute Gasteiger partial charge is 0.256 e. The molecule has 2 N–H and O–H groups in total. The van der Waals surface area contributed by atoms with E-state index in [1.165, 1.54) is 12.0 Å². The van der Waals surface area contributed by atoms with Crippen molar-refractivity contribution in [2.24, 2.45) is 23.7 Å². The van der Waals surface area contributed by atoms with E-state index in [1.54, 1.807) is 0 Å². The molecule has 4 heteroatoms.